The van der Waals surface area contributed by atoms with Crippen molar-refractivity contribution in [3.63, 3.8) is 0 Å². The molecule has 2 N–H and O–H groups in total. The zero-order valence-electron chi connectivity index (χ0n) is 8.84. The molecule has 0 aromatic heterocycles. The van der Waals surface area contributed by atoms with Crippen molar-refractivity contribution in [1.29, 1.82) is 0 Å². The Morgan fingerprint density at radius 1 is 1.50 bits per heavy atom. The first-order valence-electron chi connectivity index (χ1n) is 5.18. The molecule has 1 aliphatic rings. The Bertz CT molecular complexity index is 344. The fraction of sp³-hybridized carbons (Fsp3) is 0.500. The van der Waals surface area contributed by atoms with E-state index in [1.807, 2.05) is 6.07 Å². The molecule has 0 amide bonds. The molecule has 1 aromatic carbocycles. The fourth-order valence-electron chi connectivity index (χ4n) is 1.75. The van der Waals surface area contributed by atoms with Gasteiger partial charge in [0.05, 0.1) is 6.61 Å². The lowest BCUT2D eigenvalue weighted by Gasteiger charge is -2.23. The molecule has 1 aliphatic heterocycles. The predicted octanol–water partition coefficient (Wildman–Crippen LogP) is 2.21. The lowest BCUT2D eigenvalue weighted by atomic mass is 9.89. The highest BCUT2D eigenvalue weighted by atomic mass is 16.5. The van der Waals surface area contributed by atoms with Crippen LogP contribution in [-0.4, -0.2) is 6.61 Å². The van der Waals surface area contributed by atoms with Crippen LogP contribution in [0.4, 0.5) is 0 Å². The summed E-state index contributed by atoms with van der Waals surface area (Å²) >= 11 is 0. The van der Waals surface area contributed by atoms with E-state index in [2.05, 4.69) is 26.0 Å². The Morgan fingerprint density at radius 3 is 3.00 bits per heavy atom. The summed E-state index contributed by atoms with van der Waals surface area (Å²) in [5.74, 6) is 1.03. The molecule has 0 spiro atoms. The van der Waals surface area contributed by atoms with Crippen molar-refractivity contribution in [2.45, 2.75) is 32.2 Å². The molecule has 1 unspecified atom stereocenters. The van der Waals surface area contributed by atoms with E-state index in [0.717, 1.165) is 25.2 Å². The minimum atomic E-state index is -0.211. The van der Waals surface area contributed by atoms with Gasteiger partial charge in [-0.3, -0.25) is 0 Å². The Kier molecular flexibility index (Phi) is 2.23. The van der Waals surface area contributed by atoms with Gasteiger partial charge >= 0.3 is 0 Å². The number of hydrogen-bond donors (Lipinski definition) is 1. The van der Waals surface area contributed by atoms with E-state index < -0.39 is 0 Å². The van der Waals surface area contributed by atoms with E-state index in [9.17, 15) is 0 Å². The molecule has 2 nitrogen and oxygen atoms in total. The van der Waals surface area contributed by atoms with Crippen molar-refractivity contribution in [3.8, 4) is 5.75 Å². The molecule has 0 saturated carbocycles. The van der Waals surface area contributed by atoms with Crippen molar-refractivity contribution in [2.75, 3.05) is 6.61 Å². The SMILES string of the molecule is CCC(C)(N)c1ccc2c(c1)CCO2. The maximum atomic E-state index is 6.19. The van der Waals surface area contributed by atoms with Crippen molar-refractivity contribution >= 4 is 0 Å². The van der Waals surface area contributed by atoms with Gasteiger partial charge in [-0.05, 0) is 30.5 Å². The Balaban J connectivity index is 2.38. The first-order valence-corrected chi connectivity index (χ1v) is 5.18. The van der Waals surface area contributed by atoms with Crippen molar-refractivity contribution < 1.29 is 4.74 Å². The van der Waals surface area contributed by atoms with E-state index in [4.69, 9.17) is 10.5 Å². The van der Waals surface area contributed by atoms with Crippen LogP contribution in [0.2, 0.25) is 0 Å². The summed E-state index contributed by atoms with van der Waals surface area (Å²) in [7, 11) is 0. The van der Waals surface area contributed by atoms with Crippen molar-refractivity contribution in [2.24, 2.45) is 5.73 Å². The van der Waals surface area contributed by atoms with E-state index in [-0.39, 0.29) is 5.54 Å². The number of fused-ring (bicyclic) bond motifs is 1. The minimum Gasteiger partial charge on any atom is -0.493 e. The van der Waals surface area contributed by atoms with Crippen molar-refractivity contribution in [1.82, 2.24) is 0 Å². The number of ether oxygens (including phenoxy) is 1. The molecule has 1 aromatic rings. The summed E-state index contributed by atoms with van der Waals surface area (Å²) in [5.41, 5.74) is 8.49. The Hall–Kier alpha value is -1.02. The second kappa shape index (κ2) is 3.28. The Morgan fingerprint density at radius 2 is 2.29 bits per heavy atom. The third kappa shape index (κ3) is 1.50. The Labute approximate surface area is 85.1 Å². The molecule has 0 fully saturated rings. The van der Waals surface area contributed by atoms with Gasteiger partial charge in [-0.1, -0.05) is 19.1 Å². The molecular formula is C12H17NO. The first kappa shape index (κ1) is 9.53. The molecule has 76 valence electrons. The molecule has 0 bridgehead atoms. The summed E-state index contributed by atoms with van der Waals surface area (Å²) in [6, 6.07) is 6.30. The number of hydrogen-bond acceptors (Lipinski definition) is 2. The topological polar surface area (TPSA) is 35.2 Å². The zero-order chi connectivity index (χ0) is 10.2. The predicted molar refractivity (Wildman–Crippen MR) is 57.5 cm³/mol. The zero-order valence-corrected chi connectivity index (χ0v) is 8.84. The second-order valence-corrected chi connectivity index (χ2v) is 4.19. The number of nitrogens with two attached hydrogens (primary N) is 1. The number of rotatable bonds is 2. The third-order valence-electron chi connectivity index (χ3n) is 3.08. The molecule has 0 saturated heterocycles. The van der Waals surface area contributed by atoms with Gasteiger partial charge in [0, 0.05) is 12.0 Å². The second-order valence-electron chi connectivity index (χ2n) is 4.19. The molecule has 14 heavy (non-hydrogen) atoms. The lowest BCUT2D eigenvalue weighted by Crippen LogP contribution is -2.31. The summed E-state index contributed by atoms with van der Waals surface area (Å²) in [6.45, 7) is 5.00. The monoisotopic (exact) mass is 191 g/mol. The smallest absolute Gasteiger partial charge is 0.122 e. The highest BCUT2D eigenvalue weighted by Gasteiger charge is 2.21. The third-order valence-corrected chi connectivity index (χ3v) is 3.08. The van der Waals surface area contributed by atoms with Gasteiger partial charge in [0.15, 0.2) is 0 Å². The number of benzene rings is 1. The maximum absolute atomic E-state index is 6.19. The summed E-state index contributed by atoms with van der Waals surface area (Å²) in [6.07, 6.45) is 1.97. The van der Waals surface area contributed by atoms with Crippen LogP contribution in [0.1, 0.15) is 31.4 Å². The van der Waals surface area contributed by atoms with Crippen LogP contribution in [0.15, 0.2) is 18.2 Å². The van der Waals surface area contributed by atoms with Gasteiger partial charge in [-0.15, -0.1) is 0 Å². The van der Waals surface area contributed by atoms with Gasteiger partial charge in [0.25, 0.3) is 0 Å². The molecule has 1 heterocycles. The lowest BCUT2D eigenvalue weighted by molar-refractivity contribution is 0.356. The molecule has 1 atom stereocenters. The van der Waals surface area contributed by atoms with Crippen molar-refractivity contribution in [3.05, 3.63) is 29.3 Å². The molecule has 2 rings (SSSR count). The quantitative estimate of drug-likeness (QED) is 0.777. The van der Waals surface area contributed by atoms with Gasteiger partial charge in [-0.25, -0.2) is 0 Å². The molecule has 0 aliphatic carbocycles. The van der Waals surface area contributed by atoms with E-state index in [1.54, 1.807) is 0 Å². The van der Waals surface area contributed by atoms with Crippen LogP contribution in [0, 0.1) is 0 Å². The van der Waals surface area contributed by atoms with E-state index >= 15 is 0 Å². The van der Waals surface area contributed by atoms with Crippen LogP contribution in [0.3, 0.4) is 0 Å². The maximum Gasteiger partial charge on any atom is 0.122 e. The first-order chi connectivity index (χ1) is 6.63. The summed E-state index contributed by atoms with van der Waals surface area (Å²) < 4.78 is 5.46. The minimum absolute atomic E-state index is 0.211. The average Bonchev–Trinajstić information content (AvgIpc) is 2.64. The molecule has 0 radical (unpaired) electrons. The van der Waals surface area contributed by atoms with Crippen LogP contribution in [-0.2, 0) is 12.0 Å². The van der Waals surface area contributed by atoms with E-state index in [1.165, 1.54) is 11.1 Å². The van der Waals surface area contributed by atoms with Crippen LogP contribution in [0.25, 0.3) is 0 Å². The average molecular weight is 191 g/mol. The largest absolute Gasteiger partial charge is 0.493 e. The normalized spacial score (nSPS) is 18.5. The summed E-state index contributed by atoms with van der Waals surface area (Å²) in [5, 5.41) is 0. The van der Waals surface area contributed by atoms with Gasteiger partial charge < -0.3 is 10.5 Å². The van der Waals surface area contributed by atoms with E-state index in [0.29, 0.717) is 0 Å². The standard InChI is InChI=1S/C12H17NO/c1-3-12(2,13)10-4-5-11-9(8-10)6-7-14-11/h4-5,8H,3,6-7,13H2,1-2H3. The fourth-order valence-corrected chi connectivity index (χ4v) is 1.75. The highest BCUT2D eigenvalue weighted by Crippen LogP contribution is 2.30. The highest BCUT2D eigenvalue weighted by molar-refractivity contribution is 5.41. The van der Waals surface area contributed by atoms with Gasteiger partial charge in [0.1, 0.15) is 5.75 Å². The van der Waals surface area contributed by atoms with Crippen LogP contribution in [0.5, 0.6) is 5.75 Å². The van der Waals surface area contributed by atoms with Gasteiger partial charge in [0.2, 0.25) is 0 Å². The summed E-state index contributed by atoms with van der Waals surface area (Å²) in [4.78, 5) is 0. The molecular weight excluding hydrogens is 174 g/mol. The van der Waals surface area contributed by atoms with Crippen LogP contribution < -0.4 is 10.5 Å². The van der Waals surface area contributed by atoms with Gasteiger partial charge in [-0.2, -0.15) is 0 Å². The van der Waals surface area contributed by atoms with Crippen LogP contribution >= 0.6 is 0 Å². The molecule has 2 heteroatoms.